The van der Waals surface area contributed by atoms with Gasteiger partial charge < -0.3 is 20.4 Å². The van der Waals surface area contributed by atoms with Gasteiger partial charge in [0.2, 0.25) is 0 Å². The molecule has 0 aromatic carbocycles. The third kappa shape index (κ3) is 6.99. The zero-order valence-corrected chi connectivity index (χ0v) is 11.1. The van der Waals surface area contributed by atoms with Crippen molar-refractivity contribution in [3.8, 4) is 0 Å². The van der Waals surface area contributed by atoms with Gasteiger partial charge in [-0.25, -0.2) is 0 Å². The first-order valence-electron chi connectivity index (χ1n) is 6.57. The summed E-state index contributed by atoms with van der Waals surface area (Å²) in [6, 6.07) is 0. The molecule has 0 aliphatic carbocycles. The highest BCUT2D eigenvalue weighted by Gasteiger charge is 2.28. The molecular formula is C13H28O4. The van der Waals surface area contributed by atoms with Gasteiger partial charge in [0.15, 0.2) is 0 Å². The lowest BCUT2D eigenvalue weighted by molar-refractivity contribution is -0.0260. The number of hydrogen-bond acceptors (Lipinski definition) is 4. The molecule has 0 aliphatic heterocycles. The van der Waals surface area contributed by atoms with E-state index in [-0.39, 0.29) is 18.6 Å². The normalized spacial score (nSPS) is 18.7. The van der Waals surface area contributed by atoms with Crippen LogP contribution in [0.3, 0.4) is 0 Å². The van der Waals surface area contributed by atoms with Gasteiger partial charge in [-0.3, -0.25) is 0 Å². The van der Waals surface area contributed by atoms with E-state index in [0.717, 1.165) is 25.7 Å². The zero-order chi connectivity index (χ0) is 13.3. The van der Waals surface area contributed by atoms with Crippen molar-refractivity contribution in [2.45, 2.75) is 64.6 Å². The molecule has 0 spiro atoms. The van der Waals surface area contributed by atoms with Crippen molar-refractivity contribution in [2.75, 3.05) is 13.2 Å². The first-order valence-corrected chi connectivity index (χ1v) is 6.57. The highest BCUT2D eigenvalue weighted by molar-refractivity contribution is 4.79. The Morgan fingerprint density at radius 2 is 1.65 bits per heavy atom. The second-order valence-corrected chi connectivity index (χ2v) is 5.23. The smallest absolute Gasteiger partial charge is 0.0805 e. The van der Waals surface area contributed by atoms with Gasteiger partial charge in [-0.2, -0.15) is 0 Å². The molecule has 4 nitrogen and oxygen atoms in total. The minimum Gasteiger partial charge on any atom is -0.396 e. The van der Waals surface area contributed by atoms with Gasteiger partial charge in [0.1, 0.15) is 0 Å². The second kappa shape index (κ2) is 8.86. The predicted octanol–water partition coefficient (Wildman–Crippen LogP) is 1.06. The molecule has 0 aliphatic rings. The van der Waals surface area contributed by atoms with Gasteiger partial charge in [0.05, 0.1) is 12.2 Å². The van der Waals surface area contributed by atoms with Crippen LogP contribution in [-0.4, -0.2) is 45.8 Å². The first kappa shape index (κ1) is 16.8. The summed E-state index contributed by atoms with van der Waals surface area (Å²) in [5.41, 5.74) is -0.314. The van der Waals surface area contributed by atoms with E-state index in [4.69, 9.17) is 5.11 Å². The van der Waals surface area contributed by atoms with Gasteiger partial charge in [0, 0.05) is 13.2 Å². The molecular weight excluding hydrogens is 220 g/mol. The number of aliphatic hydroxyl groups is 4. The third-order valence-corrected chi connectivity index (χ3v) is 3.54. The lowest BCUT2D eigenvalue weighted by Crippen LogP contribution is -2.34. The van der Waals surface area contributed by atoms with Gasteiger partial charge in [0.25, 0.3) is 0 Å². The van der Waals surface area contributed by atoms with E-state index < -0.39 is 12.2 Å². The second-order valence-electron chi connectivity index (χ2n) is 5.23. The Bertz CT molecular complexity index is 180. The predicted molar refractivity (Wildman–Crippen MR) is 67.7 cm³/mol. The van der Waals surface area contributed by atoms with Crippen molar-refractivity contribution >= 4 is 0 Å². The van der Waals surface area contributed by atoms with E-state index in [1.54, 1.807) is 0 Å². The van der Waals surface area contributed by atoms with Gasteiger partial charge in [-0.1, -0.05) is 26.7 Å². The molecule has 3 atom stereocenters. The van der Waals surface area contributed by atoms with Crippen LogP contribution >= 0.6 is 0 Å². The summed E-state index contributed by atoms with van der Waals surface area (Å²) in [7, 11) is 0. The maximum absolute atomic E-state index is 9.86. The number of rotatable bonds is 10. The monoisotopic (exact) mass is 248 g/mol. The molecule has 0 aromatic heterocycles. The Hall–Kier alpha value is -0.160. The minimum atomic E-state index is -0.777. The van der Waals surface area contributed by atoms with Crippen LogP contribution in [0.2, 0.25) is 0 Å². The molecule has 3 unspecified atom stereocenters. The van der Waals surface area contributed by atoms with Crippen LogP contribution in [0.4, 0.5) is 0 Å². The van der Waals surface area contributed by atoms with Crippen molar-refractivity contribution < 1.29 is 20.4 Å². The molecule has 0 radical (unpaired) electrons. The lowest BCUT2D eigenvalue weighted by Gasteiger charge is -2.30. The third-order valence-electron chi connectivity index (χ3n) is 3.54. The Morgan fingerprint density at radius 1 is 1.00 bits per heavy atom. The van der Waals surface area contributed by atoms with Crippen LogP contribution in [0.1, 0.15) is 52.4 Å². The highest BCUT2D eigenvalue weighted by atomic mass is 16.3. The van der Waals surface area contributed by atoms with Crippen molar-refractivity contribution in [2.24, 2.45) is 5.41 Å². The van der Waals surface area contributed by atoms with Gasteiger partial charge in [-0.05, 0) is 31.1 Å². The summed E-state index contributed by atoms with van der Waals surface area (Å²) in [4.78, 5) is 0. The van der Waals surface area contributed by atoms with Crippen LogP contribution in [0.15, 0.2) is 0 Å². The largest absolute Gasteiger partial charge is 0.396 e. The van der Waals surface area contributed by atoms with E-state index in [1.807, 2.05) is 13.8 Å². The SMILES string of the molecule is CCC(C)(CO)CC(O)C(O)CCCCCO. The number of hydrogen-bond donors (Lipinski definition) is 4. The summed E-state index contributed by atoms with van der Waals surface area (Å²) < 4.78 is 0. The summed E-state index contributed by atoms with van der Waals surface area (Å²) >= 11 is 0. The van der Waals surface area contributed by atoms with E-state index in [1.165, 1.54) is 0 Å². The average molecular weight is 248 g/mol. The maximum atomic E-state index is 9.86. The minimum absolute atomic E-state index is 0.0256. The maximum Gasteiger partial charge on any atom is 0.0805 e. The fourth-order valence-electron chi connectivity index (χ4n) is 1.80. The molecule has 0 heterocycles. The molecule has 4 heteroatoms. The zero-order valence-electron chi connectivity index (χ0n) is 11.1. The Balaban J connectivity index is 3.91. The Labute approximate surface area is 104 Å². The van der Waals surface area contributed by atoms with Crippen molar-refractivity contribution in [1.82, 2.24) is 0 Å². The summed E-state index contributed by atoms with van der Waals surface area (Å²) in [6.07, 6.45) is 2.65. The molecule has 0 fully saturated rings. The van der Waals surface area contributed by atoms with Crippen molar-refractivity contribution in [3.63, 3.8) is 0 Å². The van der Waals surface area contributed by atoms with Crippen LogP contribution in [0.5, 0.6) is 0 Å². The molecule has 0 saturated carbocycles. The molecule has 0 saturated heterocycles. The van der Waals surface area contributed by atoms with E-state index >= 15 is 0 Å². The average Bonchev–Trinajstić information content (AvgIpc) is 2.34. The highest BCUT2D eigenvalue weighted by Crippen LogP contribution is 2.28. The molecule has 104 valence electrons. The van der Waals surface area contributed by atoms with Gasteiger partial charge >= 0.3 is 0 Å². The van der Waals surface area contributed by atoms with E-state index in [9.17, 15) is 15.3 Å². The standard InChI is InChI=1S/C13H28O4/c1-3-13(2,10-15)9-12(17)11(16)7-5-4-6-8-14/h11-12,14-17H,3-10H2,1-2H3. The van der Waals surface area contributed by atoms with Crippen LogP contribution in [-0.2, 0) is 0 Å². The fourth-order valence-corrected chi connectivity index (χ4v) is 1.80. The summed E-state index contributed by atoms with van der Waals surface area (Å²) in [6.45, 7) is 4.08. The Kier molecular flexibility index (Phi) is 8.78. The lowest BCUT2D eigenvalue weighted by atomic mass is 9.81. The topological polar surface area (TPSA) is 80.9 Å². The van der Waals surface area contributed by atoms with Crippen molar-refractivity contribution in [3.05, 3.63) is 0 Å². The van der Waals surface area contributed by atoms with Crippen molar-refractivity contribution in [1.29, 1.82) is 0 Å². The fraction of sp³-hybridized carbons (Fsp3) is 1.00. The number of aliphatic hydroxyl groups excluding tert-OH is 4. The van der Waals surface area contributed by atoms with E-state index in [0.29, 0.717) is 12.8 Å². The van der Waals surface area contributed by atoms with Crippen LogP contribution in [0, 0.1) is 5.41 Å². The Morgan fingerprint density at radius 3 is 2.12 bits per heavy atom. The number of unbranched alkanes of at least 4 members (excludes halogenated alkanes) is 2. The van der Waals surface area contributed by atoms with Gasteiger partial charge in [-0.15, -0.1) is 0 Å². The summed E-state index contributed by atoms with van der Waals surface area (Å²) in [5, 5.41) is 37.5. The molecule has 0 amide bonds. The summed E-state index contributed by atoms with van der Waals surface area (Å²) in [5.74, 6) is 0. The first-order chi connectivity index (χ1) is 7.99. The molecule has 0 aromatic rings. The molecule has 17 heavy (non-hydrogen) atoms. The molecule has 4 N–H and O–H groups in total. The van der Waals surface area contributed by atoms with Crippen LogP contribution < -0.4 is 0 Å². The van der Waals surface area contributed by atoms with E-state index in [2.05, 4.69) is 0 Å². The quantitative estimate of drug-likeness (QED) is 0.436. The van der Waals surface area contributed by atoms with Crippen LogP contribution in [0.25, 0.3) is 0 Å². The molecule has 0 rings (SSSR count). The molecule has 0 bridgehead atoms.